The largest absolute Gasteiger partial charge is 0.504 e. The molecule has 11 nitrogen and oxygen atoms in total. The Morgan fingerprint density at radius 3 is 2.21 bits per heavy atom. The van der Waals surface area contributed by atoms with Crippen molar-refractivity contribution >= 4 is 27.5 Å². The van der Waals surface area contributed by atoms with Gasteiger partial charge in [0.1, 0.15) is 11.7 Å². The van der Waals surface area contributed by atoms with Gasteiger partial charge >= 0.3 is 0 Å². The molecule has 2 fully saturated rings. The summed E-state index contributed by atoms with van der Waals surface area (Å²) in [6.45, 7) is 0.907. The first-order chi connectivity index (χ1) is 20.3. The zero-order valence-electron chi connectivity index (χ0n) is 23.2. The summed E-state index contributed by atoms with van der Waals surface area (Å²) >= 11 is 0. The quantitative estimate of drug-likeness (QED) is 0.333. The van der Waals surface area contributed by atoms with Crippen molar-refractivity contribution in [3.8, 4) is 11.5 Å². The van der Waals surface area contributed by atoms with Crippen LogP contribution in [0.2, 0.25) is 0 Å². The van der Waals surface area contributed by atoms with E-state index in [1.165, 1.54) is 70.3 Å². The smallest absolute Gasteiger partial charge is 0.279 e. The van der Waals surface area contributed by atoms with Gasteiger partial charge in [-0.2, -0.15) is 4.31 Å². The van der Waals surface area contributed by atoms with Gasteiger partial charge < -0.3 is 15.5 Å². The number of sulfonamides is 1. The third-order valence-corrected chi connectivity index (χ3v) is 9.75. The number of rotatable bonds is 8. The number of phenolic OH excluding ortho intramolecular Hbond substituents is 2. The highest BCUT2D eigenvalue weighted by molar-refractivity contribution is 7.89. The molecule has 0 unspecified atom stereocenters. The maximum atomic E-state index is 14.0. The van der Waals surface area contributed by atoms with Crippen molar-refractivity contribution in [3.63, 3.8) is 0 Å². The van der Waals surface area contributed by atoms with E-state index in [4.69, 9.17) is 0 Å². The SMILES string of the molecule is O=C(NC1CCCC1)[C@@H](c1ccc(O)c(O)c1)N(C(=O)c1cnccn1)c1ccc(S(=O)(=O)N2CCCCCC2)cc1. The van der Waals surface area contributed by atoms with Gasteiger partial charge in [0.15, 0.2) is 11.5 Å². The highest BCUT2D eigenvalue weighted by Gasteiger charge is 2.36. The van der Waals surface area contributed by atoms with E-state index in [1.54, 1.807) is 0 Å². The molecule has 5 rings (SSSR count). The number of nitrogens with zero attached hydrogens (tertiary/aromatic N) is 4. The van der Waals surface area contributed by atoms with Crippen molar-refractivity contribution in [2.75, 3.05) is 18.0 Å². The highest BCUT2D eigenvalue weighted by Crippen LogP contribution is 2.35. The number of anilines is 1. The second-order valence-corrected chi connectivity index (χ2v) is 12.7. The van der Waals surface area contributed by atoms with E-state index in [1.807, 2.05) is 0 Å². The Labute approximate surface area is 245 Å². The van der Waals surface area contributed by atoms with Crippen molar-refractivity contribution in [2.45, 2.75) is 68.3 Å². The minimum atomic E-state index is -3.75. The lowest BCUT2D eigenvalue weighted by Crippen LogP contribution is -2.46. The van der Waals surface area contributed by atoms with Crippen LogP contribution in [-0.4, -0.2) is 63.8 Å². The van der Waals surface area contributed by atoms with Gasteiger partial charge in [-0.15, -0.1) is 0 Å². The summed E-state index contributed by atoms with van der Waals surface area (Å²) in [6, 6.07) is 8.47. The summed E-state index contributed by atoms with van der Waals surface area (Å²) in [5.74, 6) is -1.95. The number of nitrogens with one attached hydrogen (secondary N) is 1. The van der Waals surface area contributed by atoms with Crippen LogP contribution in [0.3, 0.4) is 0 Å². The lowest BCUT2D eigenvalue weighted by atomic mass is 10.0. The molecule has 2 aliphatic rings. The van der Waals surface area contributed by atoms with Crippen molar-refractivity contribution in [2.24, 2.45) is 0 Å². The number of hydrogen-bond acceptors (Lipinski definition) is 8. The maximum Gasteiger partial charge on any atom is 0.279 e. The molecule has 12 heteroatoms. The van der Waals surface area contributed by atoms with Crippen LogP contribution in [0.15, 0.2) is 66.0 Å². The maximum absolute atomic E-state index is 14.0. The number of carbonyl (C=O) groups excluding carboxylic acids is 2. The average molecular weight is 594 g/mol. The fourth-order valence-corrected chi connectivity index (χ4v) is 7.12. The van der Waals surface area contributed by atoms with Crippen LogP contribution < -0.4 is 10.2 Å². The van der Waals surface area contributed by atoms with Crippen LogP contribution in [0.1, 0.15) is 73.5 Å². The third kappa shape index (κ3) is 6.39. The molecule has 1 atom stereocenters. The van der Waals surface area contributed by atoms with E-state index in [-0.39, 0.29) is 33.6 Å². The van der Waals surface area contributed by atoms with Gasteiger partial charge in [-0.3, -0.25) is 19.5 Å². The Morgan fingerprint density at radius 1 is 0.905 bits per heavy atom. The fraction of sp³-hybridized carbons (Fsp3) is 0.400. The molecular formula is C30H35N5O6S. The second kappa shape index (κ2) is 12.9. The number of hydrogen-bond donors (Lipinski definition) is 3. The van der Waals surface area contributed by atoms with E-state index in [0.29, 0.717) is 13.1 Å². The standard InChI is InChI=1S/C30H35N5O6S/c36-26-14-9-21(19-27(26)37)28(29(38)33-22-7-3-4-8-22)35(30(39)25-20-31-15-16-32-25)23-10-12-24(13-11-23)42(40,41)34-17-5-1-2-6-18-34/h9-16,19-20,22,28,36-37H,1-8,17-18H2,(H,33,38)/t28-/m1/s1. The van der Waals surface area contributed by atoms with Gasteiger partial charge in [0, 0.05) is 37.2 Å². The molecule has 0 spiro atoms. The van der Waals surface area contributed by atoms with Gasteiger partial charge in [0.05, 0.1) is 11.1 Å². The van der Waals surface area contributed by atoms with E-state index < -0.39 is 33.6 Å². The Bertz CT molecular complexity index is 1500. The van der Waals surface area contributed by atoms with Crippen LogP contribution in [-0.2, 0) is 14.8 Å². The number of aromatic nitrogens is 2. The average Bonchev–Trinajstić information content (AvgIpc) is 3.35. The van der Waals surface area contributed by atoms with Crippen molar-refractivity contribution in [3.05, 3.63) is 72.3 Å². The van der Waals surface area contributed by atoms with E-state index in [9.17, 15) is 28.2 Å². The van der Waals surface area contributed by atoms with Crippen LogP contribution in [0.25, 0.3) is 0 Å². The van der Waals surface area contributed by atoms with E-state index in [0.717, 1.165) is 51.4 Å². The molecule has 3 aromatic rings. The van der Waals surface area contributed by atoms with E-state index in [2.05, 4.69) is 15.3 Å². The summed E-state index contributed by atoms with van der Waals surface area (Å²) in [5, 5.41) is 23.3. The van der Waals surface area contributed by atoms with Gasteiger partial charge in [-0.25, -0.2) is 13.4 Å². The van der Waals surface area contributed by atoms with Crippen LogP contribution >= 0.6 is 0 Å². The summed E-state index contributed by atoms with van der Waals surface area (Å²) in [6.07, 6.45) is 11.2. The molecule has 222 valence electrons. The van der Waals surface area contributed by atoms with Crippen LogP contribution in [0.4, 0.5) is 5.69 Å². The lowest BCUT2D eigenvalue weighted by Gasteiger charge is -2.32. The number of amides is 2. The molecule has 1 saturated carbocycles. The van der Waals surface area contributed by atoms with Crippen molar-refractivity contribution in [1.82, 2.24) is 19.6 Å². The fourth-order valence-electron chi connectivity index (χ4n) is 5.60. The molecule has 3 N–H and O–H groups in total. The topological polar surface area (TPSA) is 153 Å². The van der Waals surface area contributed by atoms with Gasteiger partial charge in [0.2, 0.25) is 15.9 Å². The van der Waals surface area contributed by atoms with Gasteiger partial charge in [-0.05, 0) is 67.6 Å². The molecule has 1 saturated heterocycles. The Kier molecular flexibility index (Phi) is 9.03. The first-order valence-electron chi connectivity index (χ1n) is 14.3. The van der Waals surface area contributed by atoms with E-state index >= 15 is 0 Å². The third-order valence-electron chi connectivity index (χ3n) is 7.84. The van der Waals surface area contributed by atoms with Crippen molar-refractivity contribution < 1.29 is 28.2 Å². The molecule has 1 aliphatic carbocycles. The minimum absolute atomic E-state index is 0.0274. The van der Waals surface area contributed by atoms with Crippen LogP contribution in [0, 0.1) is 0 Å². The minimum Gasteiger partial charge on any atom is -0.504 e. The van der Waals surface area contributed by atoms with Crippen molar-refractivity contribution in [1.29, 1.82) is 0 Å². The van der Waals surface area contributed by atoms with Gasteiger partial charge in [-0.1, -0.05) is 31.7 Å². The number of carbonyl (C=O) groups is 2. The molecular weight excluding hydrogens is 558 g/mol. The first-order valence-corrected chi connectivity index (χ1v) is 15.7. The predicted octanol–water partition coefficient (Wildman–Crippen LogP) is 3.90. The summed E-state index contributed by atoms with van der Waals surface area (Å²) in [4.78, 5) is 37.4. The highest BCUT2D eigenvalue weighted by atomic mass is 32.2. The Balaban J connectivity index is 1.58. The summed E-state index contributed by atoms with van der Waals surface area (Å²) in [7, 11) is -3.75. The molecule has 0 radical (unpaired) electrons. The molecule has 0 bridgehead atoms. The number of phenols is 2. The van der Waals surface area contributed by atoms with Gasteiger partial charge in [0.25, 0.3) is 5.91 Å². The number of aromatic hydroxyl groups is 2. The Hall–Kier alpha value is -4.03. The molecule has 2 amide bonds. The number of benzene rings is 2. The zero-order chi connectivity index (χ0) is 29.7. The molecule has 1 aliphatic heterocycles. The van der Waals surface area contributed by atoms with Crippen LogP contribution in [0.5, 0.6) is 11.5 Å². The summed E-state index contributed by atoms with van der Waals surface area (Å²) in [5.41, 5.74) is 0.472. The first kappa shape index (κ1) is 29.5. The second-order valence-electron chi connectivity index (χ2n) is 10.7. The predicted molar refractivity (Wildman–Crippen MR) is 155 cm³/mol. The molecule has 2 heterocycles. The molecule has 1 aromatic heterocycles. The molecule has 42 heavy (non-hydrogen) atoms. The molecule has 2 aromatic carbocycles. The normalized spacial score (nSPS) is 17.3. The lowest BCUT2D eigenvalue weighted by molar-refractivity contribution is -0.123. The zero-order valence-corrected chi connectivity index (χ0v) is 24.0. The summed E-state index contributed by atoms with van der Waals surface area (Å²) < 4.78 is 28.3. The Morgan fingerprint density at radius 2 is 1.60 bits per heavy atom. The monoisotopic (exact) mass is 593 g/mol.